The number of carboxylic acids is 1. The van der Waals surface area contributed by atoms with Crippen molar-refractivity contribution >= 4 is 17.7 Å². The zero-order valence-corrected chi connectivity index (χ0v) is 18.5. The second-order valence-corrected chi connectivity index (χ2v) is 8.79. The summed E-state index contributed by atoms with van der Waals surface area (Å²) in [5, 5.41) is 12.2. The molecule has 0 aliphatic heterocycles. The van der Waals surface area contributed by atoms with Gasteiger partial charge < -0.3 is 10.4 Å². The molecule has 0 aliphatic carbocycles. The molecule has 3 rings (SSSR count). The number of aliphatic carboxylic acids is 1. The predicted octanol–water partition coefficient (Wildman–Crippen LogP) is 4.64. The van der Waals surface area contributed by atoms with E-state index < -0.39 is 17.9 Å². The molecule has 5 nitrogen and oxygen atoms in total. The van der Waals surface area contributed by atoms with Crippen molar-refractivity contribution in [2.75, 3.05) is 0 Å². The number of hydrogen-bond acceptors (Lipinski definition) is 3. The summed E-state index contributed by atoms with van der Waals surface area (Å²) >= 11 is 0. The second kappa shape index (κ2) is 9.60. The van der Waals surface area contributed by atoms with Crippen LogP contribution in [0.2, 0.25) is 0 Å². The number of hydrogen-bond donors (Lipinski definition) is 2. The van der Waals surface area contributed by atoms with Gasteiger partial charge in [-0.3, -0.25) is 9.59 Å². The summed E-state index contributed by atoms with van der Waals surface area (Å²) in [5.74, 6) is -1.65. The Bertz CT molecular complexity index is 1100. The van der Waals surface area contributed by atoms with Gasteiger partial charge in [0.25, 0.3) is 5.91 Å². The molecule has 32 heavy (non-hydrogen) atoms. The first-order chi connectivity index (χ1) is 15.1. The van der Waals surface area contributed by atoms with Gasteiger partial charge >= 0.3 is 5.97 Å². The zero-order valence-electron chi connectivity index (χ0n) is 18.5. The highest BCUT2D eigenvalue weighted by atomic mass is 16.4. The maximum Gasteiger partial charge on any atom is 0.326 e. The minimum Gasteiger partial charge on any atom is -0.480 e. The Morgan fingerprint density at radius 2 is 1.31 bits per heavy atom. The highest BCUT2D eigenvalue weighted by molar-refractivity contribution is 6.08. The van der Waals surface area contributed by atoms with E-state index in [1.54, 1.807) is 60.7 Å². The Morgan fingerprint density at radius 1 is 0.781 bits per heavy atom. The first-order valence-electron chi connectivity index (χ1n) is 10.5. The number of carboxylic acid groups (broad SMARTS) is 1. The van der Waals surface area contributed by atoms with E-state index in [2.05, 4.69) is 26.1 Å². The summed E-state index contributed by atoms with van der Waals surface area (Å²) in [6, 6.07) is 21.8. The maximum atomic E-state index is 12.6. The lowest BCUT2D eigenvalue weighted by molar-refractivity contribution is -0.139. The van der Waals surface area contributed by atoms with Gasteiger partial charge in [-0.1, -0.05) is 87.5 Å². The van der Waals surface area contributed by atoms with Crippen LogP contribution in [-0.2, 0) is 16.6 Å². The number of benzene rings is 3. The first kappa shape index (κ1) is 22.9. The van der Waals surface area contributed by atoms with Gasteiger partial charge in [0.1, 0.15) is 6.04 Å². The molecule has 3 aromatic carbocycles. The molecule has 0 fully saturated rings. The quantitative estimate of drug-likeness (QED) is 0.536. The smallest absolute Gasteiger partial charge is 0.326 e. The molecule has 0 radical (unpaired) electrons. The minimum absolute atomic E-state index is 0.0351. The van der Waals surface area contributed by atoms with Gasteiger partial charge in [0.15, 0.2) is 5.78 Å². The number of nitrogens with one attached hydrogen (secondary N) is 1. The van der Waals surface area contributed by atoms with E-state index in [0.717, 1.165) is 5.56 Å². The van der Waals surface area contributed by atoms with E-state index in [1.165, 1.54) is 0 Å². The van der Waals surface area contributed by atoms with Crippen molar-refractivity contribution in [1.82, 2.24) is 5.32 Å². The lowest BCUT2D eigenvalue weighted by atomic mass is 9.86. The van der Waals surface area contributed by atoms with Crippen molar-refractivity contribution in [2.45, 2.75) is 38.6 Å². The van der Waals surface area contributed by atoms with E-state index in [4.69, 9.17) is 0 Å². The highest BCUT2D eigenvalue weighted by Crippen LogP contribution is 2.22. The van der Waals surface area contributed by atoms with Crippen LogP contribution in [0, 0.1) is 0 Å². The Morgan fingerprint density at radius 3 is 1.84 bits per heavy atom. The van der Waals surface area contributed by atoms with Gasteiger partial charge in [-0.05, 0) is 28.7 Å². The van der Waals surface area contributed by atoms with Gasteiger partial charge in [0.2, 0.25) is 0 Å². The summed E-state index contributed by atoms with van der Waals surface area (Å²) in [7, 11) is 0. The van der Waals surface area contributed by atoms with E-state index in [1.807, 2.05) is 18.2 Å². The lowest BCUT2D eigenvalue weighted by Gasteiger charge is -2.19. The molecular weight excluding hydrogens is 402 g/mol. The fourth-order valence-electron chi connectivity index (χ4n) is 3.35. The number of rotatable bonds is 7. The summed E-state index contributed by atoms with van der Waals surface area (Å²) in [6.45, 7) is 6.25. The minimum atomic E-state index is -1.12. The van der Waals surface area contributed by atoms with Crippen LogP contribution in [0.15, 0.2) is 78.9 Å². The van der Waals surface area contributed by atoms with Crippen molar-refractivity contribution in [1.29, 1.82) is 0 Å². The Labute approximate surface area is 188 Å². The van der Waals surface area contributed by atoms with Crippen LogP contribution in [0.25, 0.3) is 0 Å². The highest BCUT2D eigenvalue weighted by Gasteiger charge is 2.22. The summed E-state index contributed by atoms with van der Waals surface area (Å²) < 4.78 is 0. The van der Waals surface area contributed by atoms with Crippen molar-refractivity contribution < 1.29 is 19.5 Å². The molecule has 0 spiro atoms. The van der Waals surface area contributed by atoms with E-state index >= 15 is 0 Å². The third-order valence-electron chi connectivity index (χ3n) is 5.31. The summed E-state index contributed by atoms with van der Waals surface area (Å²) in [6.07, 6.45) is 0.112. The van der Waals surface area contributed by atoms with Crippen molar-refractivity contribution in [2.24, 2.45) is 0 Å². The first-order valence-corrected chi connectivity index (χ1v) is 10.5. The van der Waals surface area contributed by atoms with E-state index in [0.29, 0.717) is 22.3 Å². The van der Waals surface area contributed by atoms with Gasteiger partial charge in [-0.25, -0.2) is 4.79 Å². The molecule has 0 bridgehead atoms. The number of carbonyl (C=O) groups is 3. The Kier molecular flexibility index (Phi) is 6.89. The predicted molar refractivity (Wildman–Crippen MR) is 124 cm³/mol. The molecule has 0 heterocycles. The van der Waals surface area contributed by atoms with E-state index in [9.17, 15) is 19.5 Å². The number of ketones is 1. The summed E-state index contributed by atoms with van der Waals surface area (Å²) in [4.78, 5) is 36.9. The van der Waals surface area contributed by atoms with Crippen molar-refractivity contribution in [3.63, 3.8) is 0 Å². The third kappa shape index (κ3) is 5.70. The van der Waals surface area contributed by atoms with Crippen LogP contribution < -0.4 is 5.32 Å². The normalized spacial score (nSPS) is 12.1. The number of carbonyl (C=O) groups excluding carboxylic acids is 2. The van der Waals surface area contributed by atoms with Crippen LogP contribution in [0.1, 0.15) is 58.2 Å². The average Bonchev–Trinajstić information content (AvgIpc) is 2.78. The monoisotopic (exact) mass is 429 g/mol. The van der Waals surface area contributed by atoms with Crippen LogP contribution in [0.4, 0.5) is 0 Å². The third-order valence-corrected chi connectivity index (χ3v) is 5.31. The van der Waals surface area contributed by atoms with Crippen LogP contribution in [0.3, 0.4) is 0 Å². The van der Waals surface area contributed by atoms with Crippen LogP contribution >= 0.6 is 0 Å². The molecular formula is C27H27NO4. The molecule has 1 amide bonds. The Balaban J connectivity index is 1.68. The molecule has 0 aromatic heterocycles. The molecule has 0 unspecified atom stereocenters. The molecule has 2 N–H and O–H groups in total. The molecule has 0 aliphatic rings. The zero-order chi connectivity index (χ0) is 23.3. The van der Waals surface area contributed by atoms with Crippen LogP contribution in [0.5, 0.6) is 0 Å². The SMILES string of the molecule is CC(C)(C)c1ccc(C(=O)N[C@H](Cc2ccc(C(=O)c3ccccc3)cc2)C(=O)O)cc1. The molecule has 3 aromatic rings. The van der Waals surface area contributed by atoms with Gasteiger partial charge in [-0.15, -0.1) is 0 Å². The largest absolute Gasteiger partial charge is 0.480 e. The van der Waals surface area contributed by atoms with Crippen LogP contribution in [-0.4, -0.2) is 28.8 Å². The maximum absolute atomic E-state index is 12.6. The second-order valence-electron chi connectivity index (χ2n) is 8.79. The average molecular weight is 430 g/mol. The Hall–Kier alpha value is -3.73. The molecule has 0 saturated heterocycles. The summed E-state index contributed by atoms with van der Waals surface area (Å²) in [5.41, 5.74) is 3.29. The lowest BCUT2D eigenvalue weighted by Crippen LogP contribution is -2.42. The van der Waals surface area contributed by atoms with Gasteiger partial charge in [0, 0.05) is 23.1 Å². The fourth-order valence-corrected chi connectivity index (χ4v) is 3.35. The van der Waals surface area contributed by atoms with Crippen molar-refractivity contribution in [3.05, 3.63) is 107 Å². The molecule has 1 atom stereocenters. The van der Waals surface area contributed by atoms with Gasteiger partial charge in [0.05, 0.1) is 0 Å². The molecule has 5 heteroatoms. The van der Waals surface area contributed by atoms with E-state index in [-0.39, 0.29) is 17.6 Å². The number of amides is 1. The fraction of sp³-hybridized carbons (Fsp3) is 0.222. The standard InChI is InChI=1S/C27H27NO4/c1-27(2,3)22-15-13-21(14-16-22)25(30)28-23(26(31)32)17-18-9-11-20(12-10-18)24(29)19-7-5-4-6-8-19/h4-16,23H,17H2,1-3H3,(H,28,30)(H,31,32)/t23-/m1/s1. The van der Waals surface area contributed by atoms with Gasteiger partial charge in [-0.2, -0.15) is 0 Å². The van der Waals surface area contributed by atoms with Crippen molar-refractivity contribution in [3.8, 4) is 0 Å². The molecule has 164 valence electrons. The topological polar surface area (TPSA) is 83.5 Å². The molecule has 0 saturated carbocycles.